The molecule has 4 rings (SSSR count). The first-order valence-corrected chi connectivity index (χ1v) is 10.6. The number of amides is 2. The third kappa shape index (κ3) is 4.39. The maximum Gasteiger partial charge on any atom is 0.253 e. The van der Waals surface area contributed by atoms with Gasteiger partial charge < -0.3 is 14.5 Å². The number of rotatable bonds is 3. The van der Waals surface area contributed by atoms with Gasteiger partial charge in [-0.05, 0) is 50.9 Å². The molecule has 6 heteroatoms. The van der Waals surface area contributed by atoms with Crippen molar-refractivity contribution in [2.45, 2.75) is 44.1 Å². The van der Waals surface area contributed by atoms with Gasteiger partial charge in [-0.1, -0.05) is 31.0 Å². The molecule has 1 spiro atoms. The number of morpholine rings is 1. The summed E-state index contributed by atoms with van der Waals surface area (Å²) in [5, 5.41) is 0. The van der Waals surface area contributed by atoms with Gasteiger partial charge in [-0.3, -0.25) is 14.5 Å². The number of piperidine rings is 1. The number of likely N-dealkylation sites (tertiary alicyclic amines) is 2. The minimum absolute atomic E-state index is 0.00941. The summed E-state index contributed by atoms with van der Waals surface area (Å²) in [6.45, 7) is 4.53. The van der Waals surface area contributed by atoms with Crippen molar-refractivity contribution >= 4 is 17.5 Å². The summed E-state index contributed by atoms with van der Waals surface area (Å²) in [6, 6.07) is 9.77. The molecule has 1 atom stereocenters. The highest BCUT2D eigenvalue weighted by molar-refractivity contribution is 5.95. The van der Waals surface area contributed by atoms with Crippen LogP contribution >= 0.6 is 0 Å². The highest BCUT2D eigenvalue weighted by Crippen LogP contribution is 2.32. The summed E-state index contributed by atoms with van der Waals surface area (Å²) in [7, 11) is 0. The minimum atomic E-state index is -0.448. The summed E-state index contributed by atoms with van der Waals surface area (Å²) >= 11 is 0. The van der Waals surface area contributed by atoms with Gasteiger partial charge in [-0.15, -0.1) is 0 Å². The molecule has 28 heavy (non-hydrogen) atoms. The number of carbonyl (C=O) groups excluding carboxylic acids is 2. The van der Waals surface area contributed by atoms with Crippen LogP contribution in [0.5, 0.6) is 0 Å². The third-order valence-corrected chi connectivity index (χ3v) is 6.27. The largest absolute Gasteiger partial charge is 0.361 e. The SMILES string of the molecule is O=C(CN1CCCCCC1)N1CCCC2(C1)CN(c1ccccc1)C(=O)CO2. The van der Waals surface area contributed by atoms with E-state index < -0.39 is 5.60 Å². The molecule has 0 saturated carbocycles. The third-order valence-electron chi connectivity index (χ3n) is 6.27. The molecule has 2 amide bonds. The first kappa shape index (κ1) is 19.4. The molecule has 6 nitrogen and oxygen atoms in total. The molecule has 0 aliphatic carbocycles. The molecular formula is C22H31N3O3. The van der Waals surface area contributed by atoms with Gasteiger partial charge >= 0.3 is 0 Å². The molecule has 0 aromatic heterocycles. The Morgan fingerprint density at radius 1 is 0.964 bits per heavy atom. The van der Waals surface area contributed by atoms with Gasteiger partial charge in [-0.25, -0.2) is 0 Å². The van der Waals surface area contributed by atoms with Crippen LogP contribution in [0.3, 0.4) is 0 Å². The van der Waals surface area contributed by atoms with Gasteiger partial charge in [-0.2, -0.15) is 0 Å². The number of ether oxygens (including phenoxy) is 1. The fourth-order valence-electron chi connectivity index (χ4n) is 4.70. The molecule has 152 valence electrons. The van der Waals surface area contributed by atoms with Crippen LogP contribution in [0.4, 0.5) is 5.69 Å². The van der Waals surface area contributed by atoms with Gasteiger partial charge in [0, 0.05) is 12.2 Å². The Morgan fingerprint density at radius 2 is 1.71 bits per heavy atom. The Labute approximate surface area is 167 Å². The molecule has 3 saturated heterocycles. The average molecular weight is 386 g/mol. The maximum absolute atomic E-state index is 13.0. The summed E-state index contributed by atoms with van der Waals surface area (Å²) in [4.78, 5) is 31.5. The van der Waals surface area contributed by atoms with Crippen LogP contribution in [0.1, 0.15) is 38.5 Å². The lowest BCUT2D eigenvalue weighted by atomic mass is 9.90. The molecule has 0 N–H and O–H groups in total. The van der Waals surface area contributed by atoms with E-state index in [4.69, 9.17) is 4.74 Å². The highest BCUT2D eigenvalue weighted by atomic mass is 16.5. The van der Waals surface area contributed by atoms with E-state index in [1.165, 1.54) is 25.7 Å². The number of nitrogens with zero attached hydrogens (tertiary/aromatic N) is 3. The Hall–Kier alpha value is -1.92. The fraction of sp³-hybridized carbons (Fsp3) is 0.636. The van der Waals surface area contributed by atoms with E-state index in [2.05, 4.69) is 4.90 Å². The van der Waals surface area contributed by atoms with E-state index in [-0.39, 0.29) is 18.4 Å². The molecule has 1 aromatic rings. The van der Waals surface area contributed by atoms with E-state index in [1.54, 1.807) is 0 Å². The Bertz CT molecular complexity index is 688. The van der Waals surface area contributed by atoms with Crippen LogP contribution in [0.25, 0.3) is 0 Å². The second-order valence-corrected chi connectivity index (χ2v) is 8.40. The van der Waals surface area contributed by atoms with Crippen molar-refractivity contribution in [3.63, 3.8) is 0 Å². The molecule has 3 fully saturated rings. The second-order valence-electron chi connectivity index (χ2n) is 8.40. The van der Waals surface area contributed by atoms with E-state index >= 15 is 0 Å². The number of benzene rings is 1. The predicted molar refractivity (Wildman–Crippen MR) is 108 cm³/mol. The lowest BCUT2D eigenvalue weighted by molar-refractivity contribution is -0.154. The first-order valence-electron chi connectivity index (χ1n) is 10.6. The van der Waals surface area contributed by atoms with E-state index in [0.717, 1.165) is 38.2 Å². The van der Waals surface area contributed by atoms with Crippen LogP contribution in [0.15, 0.2) is 30.3 Å². The topological polar surface area (TPSA) is 53.1 Å². The van der Waals surface area contributed by atoms with Crippen molar-refractivity contribution in [2.24, 2.45) is 0 Å². The monoisotopic (exact) mass is 385 g/mol. The van der Waals surface area contributed by atoms with E-state index in [9.17, 15) is 9.59 Å². The first-order chi connectivity index (χ1) is 13.7. The quantitative estimate of drug-likeness (QED) is 0.801. The van der Waals surface area contributed by atoms with Gasteiger partial charge in [0.05, 0.1) is 19.6 Å². The van der Waals surface area contributed by atoms with Crippen molar-refractivity contribution in [3.8, 4) is 0 Å². The zero-order valence-electron chi connectivity index (χ0n) is 16.6. The van der Waals surface area contributed by atoms with Crippen LogP contribution in [-0.4, -0.2) is 73.1 Å². The number of hydrogen-bond acceptors (Lipinski definition) is 4. The molecule has 3 aliphatic rings. The summed E-state index contributed by atoms with van der Waals surface area (Å²) in [6.07, 6.45) is 6.73. The molecular weight excluding hydrogens is 354 g/mol. The zero-order chi connectivity index (χ0) is 19.4. The molecule has 1 unspecified atom stereocenters. The Balaban J connectivity index is 1.42. The second kappa shape index (κ2) is 8.62. The summed E-state index contributed by atoms with van der Waals surface area (Å²) in [5.74, 6) is 0.192. The fourth-order valence-corrected chi connectivity index (χ4v) is 4.70. The van der Waals surface area contributed by atoms with Gasteiger partial charge in [0.2, 0.25) is 5.91 Å². The Morgan fingerprint density at radius 3 is 2.46 bits per heavy atom. The molecule has 0 radical (unpaired) electrons. The number of hydrogen-bond donors (Lipinski definition) is 0. The van der Waals surface area contributed by atoms with Crippen molar-refractivity contribution < 1.29 is 14.3 Å². The van der Waals surface area contributed by atoms with E-state index in [0.29, 0.717) is 19.6 Å². The lowest BCUT2D eigenvalue weighted by Crippen LogP contribution is -2.62. The molecule has 1 aromatic carbocycles. The zero-order valence-corrected chi connectivity index (χ0v) is 16.6. The number of anilines is 1. The van der Waals surface area contributed by atoms with Crippen molar-refractivity contribution in [1.29, 1.82) is 0 Å². The van der Waals surface area contributed by atoms with E-state index in [1.807, 2.05) is 40.1 Å². The van der Waals surface area contributed by atoms with Gasteiger partial charge in [0.15, 0.2) is 0 Å². The van der Waals surface area contributed by atoms with Crippen molar-refractivity contribution in [1.82, 2.24) is 9.80 Å². The lowest BCUT2D eigenvalue weighted by Gasteiger charge is -2.47. The minimum Gasteiger partial charge on any atom is -0.361 e. The molecule has 3 heterocycles. The molecule has 3 aliphatic heterocycles. The number of para-hydroxylation sites is 1. The summed E-state index contributed by atoms with van der Waals surface area (Å²) < 4.78 is 6.06. The highest BCUT2D eigenvalue weighted by Gasteiger charge is 2.44. The van der Waals surface area contributed by atoms with Crippen LogP contribution in [-0.2, 0) is 14.3 Å². The number of carbonyl (C=O) groups is 2. The smallest absolute Gasteiger partial charge is 0.253 e. The van der Waals surface area contributed by atoms with Crippen molar-refractivity contribution in [3.05, 3.63) is 30.3 Å². The van der Waals surface area contributed by atoms with Gasteiger partial charge in [0.1, 0.15) is 12.2 Å². The predicted octanol–water partition coefficient (Wildman–Crippen LogP) is 2.29. The van der Waals surface area contributed by atoms with Crippen LogP contribution in [0, 0.1) is 0 Å². The normalized spacial score (nSPS) is 27.1. The molecule has 0 bridgehead atoms. The van der Waals surface area contributed by atoms with Crippen molar-refractivity contribution in [2.75, 3.05) is 50.8 Å². The maximum atomic E-state index is 13.0. The average Bonchev–Trinajstić information content (AvgIpc) is 2.99. The Kier molecular flexibility index (Phi) is 5.97. The van der Waals surface area contributed by atoms with Crippen LogP contribution in [0.2, 0.25) is 0 Å². The standard InChI is InChI=1S/C22H31N3O3/c26-20(15-23-12-6-1-2-7-13-23)24-14-8-11-22(17-24)18-25(21(27)16-28-22)19-9-4-3-5-10-19/h3-5,9-10H,1-2,6-8,11-18H2. The van der Waals surface area contributed by atoms with Gasteiger partial charge in [0.25, 0.3) is 5.91 Å². The van der Waals surface area contributed by atoms with Crippen LogP contribution < -0.4 is 4.90 Å². The summed E-state index contributed by atoms with van der Waals surface area (Å²) in [5.41, 5.74) is 0.458.